The average molecular weight is 249 g/mol. The molecule has 2 aromatic rings. The smallest absolute Gasteiger partial charge is 0.336 e. The molecule has 3 N–H and O–H groups in total. The van der Waals surface area contributed by atoms with E-state index in [0.717, 1.165) is 0 Å². The number of aromatic nitrogens is 1. The van der Waals surface area contributed by atoms with Gasteiger partial charge in [0.1, 0.15) is 5.82 Å². The summed E-state index contributed by atoms with van der Waals surface area (Å²) in [6.45, 7) is 0. The van der Waals surface area contributed by atoms with E-state index in [9.17, 15) is 4.79 Å². The summed E-state index contributed by atoms with van der Waals surface area (Å²) in [5.74, 6) is -0.873. The van der Waals surface area contributed by atoms with Gasteiger partial charge in [-0.3, -0.25) is 0 Å². The molecule has 0 radical (unpaired) electrons. The highest BCUT2D eigenvalue weighted by Gasteiger charge is 2.13. The van der Waals surface area contributed by atoms with Crippen LogP contribution in [-0.2, 0) is 0 Å². The zero-order valence-corrected chi connectivity index (χ0v) is 9.48. The van der Waals surface area contributed by atoms with E-state index in [1.165, 1.54) is 12.3 Å². The van der Waals surface area contributed by atoms with Gasteiger partial charge >= 0.3 is 5.97 Å². The van der Waals surface area contributed by atoms with Gasteiger partial charge in [-0.2, -0.15) is 0 Å². The van der Waals surface area contributed by atoms with E-state index < -0.39 is 5.97 Å². The van der Waals surface area contributed by atoms with Gasteiger partial charge in [0.2, 0.25) is 0 Å². The van der Waals surface area contributed by atoms with Gasteiger partial charge in [0.25, 0.3) is 0 Å². The summed E-state index contributed by atoms with van der Waals surface area (Å²) in [6, 6.07) is 8.25. The van der Waals surface area contributed by atoms with E-state index in [4.69, 9.17) is 22.4 Å². The van der Waals surface area contributed by atoms with Crippen LogP contribution in [0, 0.1) is 0 Å². The van der Waals surface area contributed by atoms with Crippen molar-refractivity contribution in [3.63, 3.8) is 0 Å². The Morgan fingerprint density at radius 3 is 2.76 bits per heavy atom. The number of benzene rings is 1. The van der Waals surface area contributed by atoms with Gasteiger partial charge < -0.3 is 10.8 Å². The largest absolute Gasteiger partial charge is 0.478 e. The second-order valence-corrected chi connectivity index (χ2v) is 3.91. The first-order valence-corrected chi connectivity index (χ1v) is 5.20. The van der Waals surface area contributed by atoms with Crippen LogP contribution in [0.4, 0.5) is 5.82 Å². The van der Waals surface area contributed by atoms with Crippen molar-refractivity contribution in [3.8, 4) is 11.1 Å². The third kappa shape index (κ3) is 2.37. The molecule has 0 unspecified atom stereocenters. The standard InChI is InChI=1S/C12H9ClN2O2/c13-8-3-1-2-7(4-8)10-6-15-11(14)5-9(10)12(16)17/h1-6H,(H2,14,15)(H,16,17). The van der Waals surface area contributed by atoms with E-state index in [1.54, 1.807) is 24.3 Å². The Hall–Kier alpha value is -2.07. The van der Waals surface area contributed by atoms with Crippen LogP contribution in [-0.4, -0.2) is 16.1 Å². The van der Waals surface area contributed by atoms with Crippen molar-refractivity contribution in [2.24, 2.45) is 0 Å². The maximum atomic E-state index is 11.1. The first-order valence-electron chi connectivity index (χ1n) is 4.82. The number of hydrogen-bond donors (Lipinski definition) is 2. The highest BCUT2D eigenvalue weighted by Crippen LogP contribution is 2.26. The molecule has 1 aromatic carbocycles. The molecule has 4 nitrogen and oxygen atoms in total. The Morgan fingerprint density at radius 2 is 2.12 bits per heavy atom. The lowest BCUT2D eigenvalue weighted by atomic mass is 10.0. The van der Waals surface area contributed by atoms with Crippen molar-refractivity contribution < 1.29 is 9.90 Å². The number of nitrogens with zero attached hydrogens (tertiary/aromatic N) is 1. The summed E-state index contributed by atoms with van der Waals surface area (Å²) in [4.78, 5) is 15.0. The predicted molar refractivity (Wildman–Crippen MR) is 66.1 cm³/mol. The van der Waals surface area contributed by atoms with Gasteiger partial charge in [-0.05, 0) is 23.8 Å². The van der Waals surface area contributed by atoms with Crippen LogP contribution in [0.1, 0.15) is 10.4 Å². The van der Waals surface area contributed by atoms with Crippen LogP contribution in [0.5, 0.6) is 0 Å². The summed E-state index contributed by atoms with van der Waals surface area (Å²) in [7, 11) is 0. The van der Waals surface area contributed by atoms with Crippen molar-refractivity contribution in [1.29, 1.82) is 0 Å². The molecule has 0 aliphatic carbocycles. The van der Waals surface area contributed by atoms with Gasteiger partial charge in [0.05, 0.1) is 5.56 Å². The second-order valence-electron chi connectivity index (χ2n) is 3.47. The first-order chi connectivity index (χ1) is 8.08. The minimum atomic E-state index is -1.05. The molecule has 0 amide bonds. The van der Waals surface area contributed by atoms with Crippen molar-refractivity contribution in [2.75, 3.05) is 5.73 Å². The Morgan fingerprint density at radius 1 is 1.35 bits per heavy atom. The average Bonchev–Trinajstić information content (AvgIpc) is 2.28. The van der Waals surface area contributed by atoms with Crippen molar-refractivity contribution in [3.05, 3.63) is 47.1 Å². The molecule has 0 aliphatic heterocycles. The Kier molecular flexibility index (Phi) is 2.97. The van der Waals surface area contributed by atoms with Gasteiger partial charge in [-0.25, -0.2) is 9.78 Å². The molecule has 0 atom stereocenters. The minimum absolute atomic E-state index is 0.111. The maximum Gasteiger partial charge on any atom is 0.336 e. The zero-order valence-electron chi connectivity index (χ0n) is 8.72. The van der Waals surface area contributed by atoms with Crippen LogP contribution >= 0.6 is 11.6 Å². The molecule has 0 spiro atoms. The van der Waals surface area contributed by atoms with Crippen LogP contribution in [0.3, 0.4) is 0 Å². The number of nitrogen functional groups attached to an aromatic ring is 1. The predicted octanol–water partition coefficient (Wildman–Crippen LogP) is 2.68. The van der Waals surface area contributed by atoms with Gasteiger partial charge in [0.15, 0.2) is 0 Å². The fourth-order valence-electron chi connectivity index (χ4n) is 1.53. The zero-order chi connectivity index (χ0) is 12.4. The van der Waals surface area contributed by atoms with E-state index in [-0.39, 0.29) is 11.4 Å². The summed E-state index contributed by atoms with van der Waals surface area (Å²) < 4.78 is 0. The topological polar surface area (TPSA) is 76.2 Å². The Bertz CT molecular complexity index is 584. The van der Waals surface area contributed by atoms with Gasteiger partial charge in [0, 0.05) is 16.8 Å². The first kappa shape index (κ1) is 11.4. The third-order valence-corrected chi connectivity index (χ3v) is 2.53. The molecule has 1 aromatic heterocycles. The van der Waals surface area contributed by atoms with Gasteiger partial charge in [-0.1, -0.05) is 23.7 Å². The van der Waals surface area contributed by atoms with Crippen LogP contribution in [0.15, 0.2) is 36.5 Å². The van der Waals surface area contributed by atoms with Gasteiger partial charge in [-0.15, -0.1) is 0 Å². The number of rotatable bonds is 2. The molecule has 5 heteroatoms. The fourth-order valence-corrected chi connectivity index (χ4v) is 1.72. The van der Waals surface area contributed by atoms with Crippen molar-refractivity contribution in [1.82, 2.24) is 4.98 Å². The summed E-state index contributed by atoms with van der Waals surface area (Å²) in [5, 5.41) is 9.64. The summed E-state index contributed by atoms with van der Waals surface area (Å²) in [5.41, 5.74) is 6.77. The number of carboxylic acids is 1. The molecule has 0 bridgehead atoms. The highest BCUT2D eigenvalue weighted by molar-refractivity contribution is 6.30. The molecule has 2 rings (SSSR count). The Balaban J connectivity index is 2.63. The normalized spacial score (nSPS) is 10.2. The number of pyridine rings is 1. The quantitative estimate of drug-likeness (QED) is 0.857. The summed E-state index contributed by atoms with van der Waals surface area (Å²) >= 11 is 5.87. The number of carbonyl (C=O) groups is 1. The Labute approximate surface area is 103 Å². The molecule has 0 fully saturated rings. The lowest BCUT2D eigenvalue weighted by Gasteiger charge is -2.06. The van der Waals surface area contributed by atoms with E-state index >= 15 is 0 Å². The number of aromatic carboxylic acids is 1. The minimum Gasteiger partial charge on any atom is -0.478 e. The van der Waals surface area contributed by atoms with Crippen LogP contribution in [0.25, 0.3) is 11.1 Å². The lowest BCUT2D eigenvalue weighted by Crippen LogP contribution is -2.02. The number of anilines is 1. The SMILES string of the molecule is Nc1cc(C(=O)O)c(-c2cccc(Cl)c2)cn1. The third-order valence-electron chi connectivity index (χ3n) is 2.29. The van der Waals surface area contributed by atoms with E-state index in [1.807, 2.05) is 0 Å². The molecule has 86 valence electrons. The highest BCUT2D eigenvalue weighted by atomic mass is 35.5. The number of carboxylic acid groups (broad SMARTS) is 1. The molecular weight excluding hydrogens is 240 g/mol. The van der Waals surface area contributed by atoms with Crippen molar-refractivity contribution in [2.45, 2.75) is 0 Å². The van der Waals surface area contributed by atoms with E-state index in [0.29, 0.717) is 16.1 Å². The molecule has 1 heterocycles. The molecule has 17 heavy (non-hydrogen) atoms. The fraction of sp³-hybridized carbons (Fsp3) is 0. The van der Waals surface area contributed by atoms with Crippen LogP contribution < -0.4 is 5.73 Å². The van der Waals surface area contributed by atoms with E-state index in [2.05, 4.69) is 4.98 Å². The molecule has 0 saturated heterocycles. The lowest BCUT2D eigenvalue weighted by molar-refractivity contribution is 0.0697. The molecule has 0 saturated carbocycles. The molecule has 0 aliphatic rings. The number of halogens is 1. The monoisotopic (exact) mass is 248 g/mol. The second kappa shape index (κ2) is 4.43. The maximum absolute atomic E-state index is 11.1. The summed E-state index contributed by atoms with van der Waals surface area (Å²) in [6.07, 6.45) is 1.43. The molecular formula is C12H9ClN2O2. The number of hydrogen-bond acceptors (Lipinski definition) is 3. The number of nitrogens with two attached hydrogens (primary N) is 1. The van der Waals surface area contributed by atoms with Crippen LogP contribution in [0.2, 0.25) is 5.02 Å². The van der Waals surface area contributed by atoms with Crippen molar-refractivity contribution >= 4 is 23.4 Å².